The SMILES string of the molecule is CCCC(O)C(C)(O)COC1CCC(C(C)(CCCC(C)CCCC(C)CCCC(C)C)OC(C)(CCCC(C)CCCC(C)CCCC(C)C)C2CCC(C(C)(O)CCCC(C)CCCC(C)CCCC(C)C)O2)OC1(C)CCCC(C)CCCC(C)CCCC(C)C. The molecule has 2 saturated heterocycles. The molecule has 2 rings (SSSR count). The molecule has 0 aromatic rings. The van der Waals surface area contributed by atoms with Crippen LogP contribution in [0.3, 0.4) is 0 Å². The first kappa shape index (κ1) is 89.8. The molecule has 0 aliphatic carbocycles. The third-order valence-electron chi connectivity index (χ3n) is 24.2. The van der Waals surface area contributed by atoms with Gasteiger partial charge in [-0.2, -0.15) is 0 Å². The third kappa shape index (κ3) is 38.7. The van der Waals surface area contributed by atoms with Crippen LogP contribution in [-0.4, -0.2) is 80.5 Å². The fourth-order valence-corrected chi connectivity index (χ4v) is 16.8. The molecule has 0 amide bonds. The summed E-state index contributed by atoms with van der Waals surface area (Å²) in [4.78, 5) is 0. The summed E-state index contributed by atoms with van der Waals surface area (Å²) in [6.07, 6.45) is 47.2. The predicted molar refractivity (Wildman–Crippen MR) is 409 cm³/mol. The lowest BCUT2D eigenvalue weighted by molar-refractivity contribution is -0.290. The Balaban J connectivity index is 2.55. The first-order valence-electron chi connectivity index (χ1n) is 41.9. The second-order valence-electron chi connectivity index (χ2n) is 37.2. The van der Waals surface area contributed by atoms with Gasteiger partial charge in [0, 0.05) is 0 Å². The van der Waals surface area contributed by atoms with E-state index in [1.165, 1.54) is 167 Å². The second-order valence-corrected chi connectivity index (χ2v) is 37.2. The van der Waals surface area contributed by atoms with E-state index in [1.54, 1.807) is 6.92 Å². The largest absolute Gasteiger partial charge is 0.390 e. The Morgan fingerprint density at radius 2 is 0.681 bits per heavy atom. The quantitative estimate of drug-likeness (QED) is 0.0558. The van der Waals surface area contributed by atoms with E-state index in [0.717, 1.165) is 144 Å². The molecule has 0 saturated carbocycles. The van der Waals surface area contributed by atoms with Crippen LogP contribution in [0.25, 0.3) is 0 Å². The summed E-state index contributed by atoms with van der Waals surface area (Å²) in [7, 11) is 0. The fraction of sp³-hybridized carbons (Fsp3) is 1.00. The van der Waals surface area contributed by atoms with E-state index in [1.807, 2.05) is 0 Å². The molecule has 0 aromatic carbocycles. The molecule has 7 nitrogen and oxygen atoms in total. The Morgan fingerprint density at radius 3 is 1.03 bits per heavy atom. The van der Waals surface area contributed by atoms with E-state index >= 15 is 0 Å². The topological polar surface area (TPSA) is 97.6 Å². The van der Waals surface area contributed by atoms with Gasteiger partial charge in [0.2, 0.25) is 0 Å². The smallest absolute Gasteiger partial charge is 0.111 e. The van der Waals surface area contributed by atoms with Gasteiger partial charge >= 0.3 is 0 Å². The monoisotopic (exact) mass is 1330 g/mol. The van der Waals surface area contributed by atoms with Crippen molar-refractivity contribution in [3.05, 3.63) is 0 Å². The molecule has 18 unspecified atom stereocenters. The van der Waals surface area contributed by atoms with Crippen molar-refractivity contribution in [3.63, 3.8) is 0 Å². The highest BCUT2D eigenvalue weighted by Gasteiger charge is 2.54. The van der Waals surface area contributed by atoms with Crippen molar-refractivity contribution in [2.75, 3.05) is 6.61 Å². The van der Waals surface area contributed by atoms with Gasteiger partial charge in [0.25, 0.3) is 0 Å². The van der Waals surface area contributed by atoms with E-state index < -0.39 is 34.1 Å². The van der Waals surface area contributed by atoms with Crippen molar-refractivity contribution in [1.82, 2.24) is 0 Å². The maximum Gasteiger partial charge on any atom is 0.111 e. The molecule has 2 aliphatic rings. The number of aliphatic hydroxyl groups is 3. The van der Waals surface area contributed by atoms with Gasteiger partial charge in [-0.15, -0.1) is 0 Å². The molecule has 3 N–H and O–H groups in total. The van der Waals surface area contributed by atoms with Crippen molar-refractivity contribution < 1.29 is 34.3 Å². The maximum atomic E-state index is 12.5. The Morgan fingerprint density at radius 1 is 0.383 bits per heavy atom. The second kappa shape index (κ2) is 47.8. The van der Waals surface area contributed by atoms with Gasteiger partial charge in [-0.3, -0.25) is 0 Å². The van der Waals surface area contributed by atoms with Gasteiger partial charge in [0.15, 0.2) is 0 Å². The lowest BCUT2D eigenvalue weighted by Crippen LogP contribution is -2.60. The summed E-state index contributed by atoms with van der Waals surface area (Å²) in [5.41, 5.74) is -4.08. The summed E-state index contributed by atoms with van der Waals surface area (Å²) in [6, 6.07) is 0. The molecule has 7 heteroatoms. The summed E-state index contributed by atoms with van der Waals surface area (Å²) < 4.78 is 30.3. The summed E-state index contributed by atoms with van der Waals surface area (Å²) in [5, 5.41) is 35.4. The van der Waals surface area contributed by atoms with E-state index in [0.29, 0.717) is 30.1 Å². The normalized spacial score (nSPS) is 24.6. The maximum absolute atomic E-state index is 12.5. The molecule has 0 spiro atoms. The highest BCUT2D eigenvalue weighted by atomic mass is 16.6. The zero-order chi connectivity index (χ0) is 70.5. The Bertz CT molecular complexity index is 1810. The Kier molecular flexibility index (Phi) is 45.7. The van der Waals surface area contributed by atoms with E-state index in [2.05, 4.69) is 145 Å². The van der Waals surface area contributed by atoms with Crippen molar-refractivity contribution in [3.8, 4) is 0 Å². The van der Waals surface area contributed by atoms with Gasteiger partial charge in [-0.05, 0) is 163 Å². The molecule has 2 aliphatic heterocycles. The number of rotatable bonds is 59. The highest BCUT2D eigenvalue weighted by Crippen LogP contribution is 2.48. The van der Waals surface area contributed by atoms with Crippen LogP contribution in [0, 0.1) is 71.0 Å². The Hall–Kier alpha value is -0.280. The van der Waals surface area contributed by atoms with Crippen molar-refractivity contribution in [2.45, 2.75) is 481 Å². The minimum Gasteiger partial charge on any atom is -0.390 e. The fourth-order valence-electron chi connectivity index (χ4n) is 16.8. The van der Waals surface area contributed by atoms with Crippen LogP contribution in [0.15, 0.2) is 0 Å². The number of hydrogen-bond acceptors (Lipinski definition) is 7. The summed E-state index contributed by atoms with van der Waals surface area (Å²) in [5.74, 6) is 8.94. The average molecular weight is 1330 g/mol. The molecule has 18 atom stereocenters. The summed E-state index contributed by atoms with van der Waals surface area (Å²) >= 11 is 0. The van der Waals surface area contributed by atoms with Gasteiger partial charge in [0.1, 0.15) is 5.60 Å². The van der Waals surface area contributed by atoms with Gasteiger partial charge in [-0.25, -0.2) is 0 Å². The third-order valence-corrected chi connectivity index (χ3v) is 24.2. The Labute approximate surface area is 589 Å². The molecular formula is C87H172O7. The van der Waals surface area contributed by atoms with Crippen molar-refractivity contribution in [1.29, 1.82) is 0 Å². The van der Waals surface area contributed by atoms with Crippen LogP contribution in [-0.2, 0) is 18.9 Å². The van der Waals surface area contributed by atoms with Gasteiger partial charge in [-0.1, -0.05) is 330 Å². The van der Waals surface area contributed by atoms with Crippen molar-refractivity contribution >= 4 is 0 Å². The van der Waals surface area contributed by atoms with Crippen LogP contribution in [0.5, 0.6) is 0 Å². The van der Waals surface area contributed by atoms with Crippen LogP contribution in [0.4, 0.5) is 0 Å². The molecule has 2 heterocycles. The van der Waals surface area contributed by atoms with Gasteiger partial charge in [0.05, 0.1) is 59.5 Å². The highest BCUT2D eigenvalue weighted by molar-refractivity contribution is 5.03. The molecular weight excluding hydrogens is 1160 g/mol. The standard InChI is InChI=1S/C87H172O7/c1-23-36-78(88)84(19,90)65-91-80-58-60-82(93-85(80,20)62-33-54-75(15)50-29-46-71(11)42-25-38-67(4)5)87(22,64-35-56-77(17)52-31-48-73(13)44-27-40-69(8)9)94-86(21,63-34-55-76(16)51-30-47-72(12)43-26-39-68(6)7)81-59-57-79(92-81)83(18,89)61-32-53-74(14)49-28-45-70(10)41-24-37-66(2)3/h66-82,88-90H,23-65H2,1-22H3. The van der Waals surface area contributed by atoms with Crippen LogP contribution < -0.4 is 0 Å². The minimum absolute atomic E-state index is 0.0749. The van der Waals surface area contributed by atoms with Crippen LogP contribution in [0.2, 0.25) is 0 Å². The average Bonchev–Trinajstić information content (AvgIpc) is 1.14. The first-order valence-corrected chi connectivity index (χ1v) is 41.9. The molecule has 562 valence electrons. The van der Waals surface area contributed by atoms with E-state index in [9.17, 15) is 15.3 Å². The lowest BCUT2D eigenvalue weighted by atomic mass is 9.78. The predicted octanol–water partition coefficient (Wildman–Crippen LogP) is 25.8. The van der Waals surface area contributed by atoms with Crippen molar-refractivity contribution in [2.24, 2.45) is 71.0 Å². The molecule has 0 aromatic heterocycles. The lowest BCUT2D eigenvalue weighted by Gasteiger charge is -2.53. The number of ether oxygens (including phenoxy) is 4. The molecule has 0 bridgehead atoms. The zero-order valence-corrected chi connectivity index (χ0v) is 67.7. The first-order chi connectivity index (χ1) is 44.1. The number of hydrogen-bond donors (Lipinski definition) is 3. The van der Waals surface area contributed by atoms with Crippen LogP contribution >= 0.6 is 0 Å². The van der Waals surface area contributed by atoms with Crippen LogP contribution in [0.1, 0.15) is 422 Å². The van der Waals surface area contributed by atoms with Gasteiger partial charge < -0.3 is 34.3 Å². The number of aliphatic hydroxyl groups excluding tert-OH is 1. The summed E-state index contributed by atoms with van der Waals surface area (Å²) in [6.45, 7) is 51.7. The van der Waals surface area contributed by atoms with E-state index in [-0.39, 0.29) is 31.0 Å². The molecule has 2 fully saturated rings. The molecule has 94 heavy (non-hydrogen) atoms. The van der Waals surface area contributed by atoms with E-state index in [4.69, 9.17) is 18.9 Å². The minimum atomic E-state index is -1.35. The molecule has 0 radical (unpaired) electrons. The zero-order valence-electron chi connectivity index (χ0n) is 67.7.